The normalized spacial score (nSPS) is 11.5. The molecule has 0 aromatic heterocycles. The summed E-state index contributed by atoms with van der Waals surface area (Å²) in [4.78, 5) is 12.2. The summed E-state index contributed by atoms with van der Waals surface area (Å²) >= 11 is 6.00. The molecule has 0 heterocycles. The molecule has 0 aliphatic carbocycles. The van der Waals surface area contributed by atoms with Crippen LogP contribution in [0.15, 0.2) is 41.3 Å². The first-order valence-corrected chi connectivity index (χ1v) is 10.8. The molecule has 1 amide bonds. The molecule has 6 nitrogen and oxygen atoms in total. The van der Waals surface area contributed by atoms with Gasteiger partial charge in [0.15, 0.2) is 6.61 Å². The van der Waals surface area contributed by atoms with Gasteiger partial charge in [-0.25, -0.2) is 8.42 Å². The first-order valence-electron chi connectivity index (χ1n) is 8.98. The van der Waals surface area contributed by atoms with Crippen molar-refractivity contribution >= 4 is 33.2 Å². The Hall–Kier alpha value is -2.09. The average molecular weight is 425 g/mol. The van der Waals surface area contributed by atoms with Crippen LogP contribution in [0.1, 0.15) is 25.0 Å². The second-order valence-corrected chi connectivity index (χ2v) is 8.68. The van der Waals surface area contributed by atoms with E-state index in [1.165, 1.54) is 22.5 Å². The summed E-state index contributed by atoms with van der Waals surface area (Å²) in [5.41, 5.74) is 2.64. The fourth-order valence-electron chi connectivity index (χ4n) is 2.71. The lowest BCUT2D eigenvalue weighted by molar-refractivity contribution is -0.118. The van der Waals surface area contributed by atoms with Crippen LogP contribution in [-0.2, 0) is 14.8 Å². The summed E-state index contributed by atoms with van der Waals surface area (Å²) in [6.07, 6.45) is 0. The summed E-state index contributed by atoms with van der Waals surface area (Å²) < 4.78 is 32.6. The minimum Gasteiger partial charge on any atom is -0.482 e. The number of amides is 1. The molecule has 1 N–H and O–H groups in total. The molecule has 0 bridgehead atoms. The van der Waals surface area contributed by atoms with Crippen molar-refractivity contribution in [1.29, 1.82) is 0 Å². The summed E-state index contributed by atoms with van der Waals surface area (Å²) in [6, 6.07) is 10.1. The van der Waals surface area contributed by atoms with Gasteiger partial charge in [-0.15, -0.1) is 0 Å². The summed E-state index contributed by atoms with van der Waals surface area (Å²) in [7, 11) is -3.78. The molecular weight excluding hydrogens is 400 g/mol. The van der Waals surface area contributed by atoms with Crippen molar-refractivity contribution in [3.8, 4) is 5.75 Å². The molecule has 0 atom stereocenters. The molecule has 0 aliphatic heterocycles. The molecule has 2 aromatic carbocycles. The van der Waals surface area contributed by atoms with E-state index in [4.69, 9.17) is 16.3 Å². The van der Waals surface area contributed by atoms with Gasteiger partial charge < -0.3 is 10.1 Å². The first-order chi connectivity index (χ1) is 13.2. The Kier molecular flexibility index (Phi) is 7.46. The standard InChI is InChI=1S/C20H25ClN2O4S/c1-5-23(6-2)28(25,26)19-12-16(21)9-10-18(19)27-13-20(24)22-17-11-14(3)7-8-15(17)4/h7-12H,5-6,13H2,1-4H3,(H,22,24). The van der Waals surface area contributed by atoms with Crippen LogP contribution in [0.25, 0.3) is 0 Å². The van der Waals surface area contributed by atoms with Gasteiger partial charge in [0.25, 0.3) is 5.91 Å². The van der Waals surface area contributed by atoms with Gasteiger partial charge in [0.1, 0.15) is 10.6 Å². The van der Waals surface area contributed by atoms with E-state index < -0.39 is 10.0 Å². The van der Waals surface area contributed by atoms with Crippen LogP contribution in [0, 0.1) is 13.8 Å². The Balaban J connectivity index is 2.20. The summed E-state index contributed by atoms with van der Waals surface area (Å²) in [6.45, 7) is 7.65. The van der Waals surface area contributed by atoms with Crippen LogP contribution in [0.3, 0.4) is 0 Å². The molecule has 2 rings (SSSR count). The highest BCUT2D eigenvalue weighted by Crippen LogP contribution is 2.30. The van der Waals surface area contributed by atoms with E-state index in [9.17, 15) is 13.2 Å². The van der Waals surface area contributed by atoms with E-state index in [2.05, 4.69) is 5.32 Å². The SMILES string of the molecule is CCN(CC)S(=O)(=O)c1cc(Cl)ccc1OCC(=O)Nc1cc(C)ccc1C. The van der Waals surface area contributed by atoms with Gasteiger partial charge in [-0.1, -0.05) is 37.6 Å². The number of benzene rings is 2. The maximum Gasteiger partial charge on any atom is 0.262 e. The quantitative estimate of drug-likeness (QED) is 0.694. The van der Waals surface area contributed by atoms with Crippen molar-refractivity contribution in [2.45, 2.75) is 32.6 Å². The largest absolute Gasteiger partial charge is 0.482 e. The maximum absolute atomic E-state index is 12.9. The van der Waals surface area contributed by atoms with Gasteiger partial charge in [0.05, 0.1) is 0 Å². The van der Waals surface area contributed by atoms with Crippen molar-refractivity contribution in [2.24, 2.45) is 0 Å². The minimum atomic E-state index is -3.78. The predicted molar refractivity (Wildman–Crippen MR) is 112 cm³/mol. The molecule has 0 unspecified atom stereocenters. The molecule has 28 heavy (non-hydrogen) atoms. The molecule has 0 spiro atoms. The lowest BCUT2D eigenvalue weighted by atomic mass is 10.1. The highest BCUT2D eigenvalue weighted by Gasteiger charge is 2.26. The Morgan fingerprint density at radius 3 is 2.43 bits per heavy atom. The first kappa shape index (κ1) is 22.2. The lowest BCUT2D eigenvalue weighted by Gasteiger charge is -2.20. The van der Waals surface area contributed by atoms with E-state index in [1.807, 2.05) is 32.0 Å². The van der Waals surface area contributed by atoms with Crippen LogP contribution >= 0.6 is 11.6 Å². The number of nitrogens with zero attached hydrogens (tertiary/aromatic N) is 1. The average Bonchev–Trinajstić information content (AvgIpc) is 2.64. The van der Waals surface area contributed by atoms with E-state index >= 15 is 0 Å². The van der Waals surface area contributed by atoms with E-state index in [0.717, 1.165) is 11.1 Å². The van der Waals surface area contributed by atoms with Gasteiger partial charge in [-0.05, 0) is 49.2 Å². The number of aryl methyl sites for hydroxylation is 2. The van der Waals surface area contributed by atoms with Crippen LogP contribution in [-0.4, -0.2) is 38.3 Å². The third-order valence-electron chi connectivity index (χ3n) is 4.25. The molecule has 0 radical (unpaired) electrons. The van der Waals surface area contributed by atoms with Crippen molar-refractivity contribution in [3.63, 3.8) is 0 Å². The molecule has 8 heteroatoms. The number of nitrogens with one attached hydrogen (secondary N) is 1. The predicted octanol–water partition coefficient (Wildman–Crippen LogP) is 4.00. The Morgan fingerprint density at radius 1 is 1.11 bits per heavy atom. The zero-order chi connectivity index (χ0) is 20.9. The zero-order valence-corrected chi connectivity index (χ0v) is 18.0. The number of sulfonamides is 1. The number of carbonyl (C=O) groups excluding carboxylic acids is 1. The van der Waals surface area contributed by atoms with Crippen LogP contribution in [0.5, 0.6) is 5.75 Å². The highest BCUT2D eigenvalue weighted by molar-refractivity contribution is 7.89. The Bertz CT molecular complexity index is 957. The topological polar surface area (TPSA) is 75.7 Å². The second kappa shape index (κ2) is 9.41. The van der Waals surface area contributed by atoms with Gasteiger partial charge in [-0.2, -0.15) is 4.31 Å². The van der Waals surface area contributed by atoms with Crippen molar-refractivity contribution in [1.82, 2.24) is 4.31 Å². The fourth-order valence-corrected chi connectivity index (χ4v) is 4.56. The number of rotatable bonds is 8. The van der Waals surface area contributed by atoms with Crippen LogP contribution in [0.2, 0.25) is 5.02 Å². The van der Waals surface area contributed by atoms with Gasteiger partial charge >= 0.3 is 0 Å². The Labute approximate surface area is 171 Å². The molecule has 0 fully saturated rings. The lowest BCUT2D eigenvalue weighted by Crippen LogP contribution is -2.31. The van der Waals surface area contributed by atoms with Gasteiger partial charge in [0.2, 0.25) is 10.0 Å². The number of hydrogen-bond donors (Lipinski definition) is 1. The minimum absolute atomic E-state index is 0.0526. The van der Waals surface area contributed by atoms with Gasteiger partial charge in [-0.3, -0.25) is 4.79 Å². The number of ether oxygens (including phenoxy) is 1. The fraction of sp³-hybridized carbons (Fsp3) is 0.350. The molecule has 0 saturated carbocycles. The molecule has 0 aliphatic rings. The van der Waals surface area contributed by atoms with Crippen molar-refractivity contribution in [3.05, 3.63) is 52.5 Å². The summed E-state index contributed by atoms with van der Waals surface area (Å²) in [5.74, 6) is -0.290. The maximum atomic E-state index is 12.9. The second-order valence-electron chi connectivity index (χ2n) is 6.34. The third kappa shape index (κ3) is 5.25. The van der Waals surface area contributed by atoms with Crippen molar-refractivity contribution < 1.29 is 17.9 Å². The van der Waals surface area contributed by atoms with E-state index in [-0.39, 0.29) is 28.2 Å². The monoisotopic (exact) mass is 424 g/mol. The third-order valence-corrected chi connectivity index (χ3v) is 6.56. The number of anilines is 1. The Morgan fingerprint density at radius 2 is 1.79 bits per heavy atom. The molecule has 0 saturated heterocycles. The molecule has 2 aromatic rings. The number of halogens is 1. The summed E-state index contributed by atoms with van der Waals surface area (Å²) in [5, 5.41) is 3.06. The smallest absolute Gasteiger partial charge is 0.262 e. The zero-order valence-electron chi connectivity index (χ0n) is 16.5. The van der Waals surface area contributed by atoms with Crippen molar-refractivity contribution in [2.75, 3.05) is 25.0 Å². The van der Waals surface area contributed by atoms with E-state index in [1.54, 1.807) is 13.8 Å². The van der Waals surface area contributed by atoms with Crippen LogP contribution < -0.4 is 10.1 Å². The van der Waals surface area contributed by atoms with Crippen LogP contribution in [0.4, 0.5) is 5.69 Å². The van der Waals surface area contributed by atoms with Gasteiger partial charge in [0, 0.05) is 23.8 Å². The molecule has 152 valence electrons. The number of carbonyl (C=O) groups is 1. The van der Waals surface area contributed by atoms with E-state index in [0.29, 0.717) is 18.8 Å². The molecular formula is C20H25ClN2O4S. The highest BCUT2D eigenvalue weighted by atomic mass is 35.5. The number of hydrogen-bond acceptors (Lipinski definition) is 4.